The van der Waals surface area contributed by atoms with Crippen LogP contribution in [0.1, 0.15) is 15.9 Å². The van der Waals surface area contributed by atoms with E-state index in [1.165, 1.54) is 6.07 Å². The Labute approximate surface area is 97.4 Å². The summed E-state index contributed by atoms with van der Waals surface area (Å²) in [4.78, 5) is 21.3. The minimum Gasteiger partial charge on any atom is -0.534 e. The number of carbonyl (C=O) groups is 2. The molecule has 6 nitrogen and oxygen atoms in total. The molecule has 17 heavy (non-hydrogen) atoms. The highest BCUT2D eigenvalue weighted by molar-refractivity contribution is 6.46. The van der Waals surface area contributed by atoms with E-state index in [2.05, 4.69) is 5.32 Å². The van der Waals surface area contributed by atoms with Gasteiger partial charge in [-0.05, 0) is 18.1 Å². The summed E-state index contributed by atoms with van der Waals surface area (Å²) < 4.78 is 5.14. The van der Waals surface area contributed by atoms with E-state index in [-0.39, 0.29) is 11.3 Å². The number of rotatable bonds is 3. The fourth-order valence-electron chi connectivity index (χ4n) is 1.82. The van der Waals surface area contributed by atoms with Crippen molar-refractivity contribution in [2.24, 2.45) is 0 Å². The van der Waals surface area contributed by atoms with Gasteiger partial charge in [0.2, 0.25) is 6.41 Å². The lowest BCUT2D eigenvalue weighted by atomic mass is 9.72. The highest BCUT2D eigenvalue weighted by Crippen LogP contribution is 2.29. The molecule has 0 saturated heterocycles. The predicted molar refractivity (Wildman–Crippen MR) is 58.7 cm³/mol. The normalized spacial score (nSPS) is 17.9. The van der Waals surface area contributed by atoms with E-state index in [1.54, 1.807) is 12.1 Å². The maximum atomic E-state index is 11.0. The molecule has 2 rings (SSSR count). The lowest BCUT2D eigenvalue weighted by Gasteiger charge is -2.27. The van der Waals surface area contributed by atoms with Crippen LogP contribution in [0.25, 0.3) is 0 Å². The molecule has 1 aliphatic heterocycles. The van der Waals surface area contributed by atoms with Gasteiger partial charge in [0, 0.05) is 0 Å². The Balaban J connectivity index is 2.37. The molecule has 0 radical (unpaired) electrons. The van der Waals surface area contributed by atoms with Crippen LogP contribution >= 0.6 is 0 Å². The molecule has 0 bridgehead atoms. The standard InChI is InChI=1S/C10H10BNO5/c13-5-12-8-4-6-2-1-3-7(10(14)15)9(6)17-11(8)16/h1-3,5,8,16H,4H2,(H,12,13)(H,14,15). The number of amides is 1. The topological polar surface area (TPSA) is 95.9 Å². The zero-order chi connectivity index (χ0) is 12.4. The second-order valence-electron chi connectivity index (χ2n) is 3.70. The Morgan fingerprint density at radius 1 is 1.59 bits per heavy atom. The van der Waals surface area contributed by atoms with Crippen molar-refractivity contribution in [1.29, 1.82) is 0 Å². The maximum absolute atomic E-state index is 11.0. The molecule has 1 atom stereocenters. The summed E-state index contributed by atoms with van der Waals surface area (Å²) in [5, 5.41) is 21.0. The number of carbonyl (C=O) groups excluding carboxylic acids is 1. The van der Waals surface area contributed by atoms with Gasteiger partial charge in [0.05, 0.1) is 11.5 Å². The van der Waals surface area contributed by atoms with Gasteiger partial charge in [0.25, 0.3) is 0 Å². The van der Waals surface area contributed by atoms with Gasteiger partial charge in [0.15, 0.2) is 0 Å². The highest BCUT2D eigenvalue weighted by atomic mass is 16.5. The summed E-state index contributed by atoms with van der Waals surface area (Å²) in [5.74, 6) is -1.52. The Morgan fingerprint density at radius 3 is 3.00 bits per heavy atom. The van der Waals surface area contributed by atoms with Gasteiger partial charge in [-0.2, -0.15) is 0 Å². The molecular formula is C10H10BNO5. The van der Waals surface area contributed by atoms with Crippen molar-refractivity contribution >= 4 is 19.5 Å². The summed E-state index contributed by atoms with van der Waals surface area (Å²) >= 11 is 0. The van der Waals surface area contributed by atoms with Crippen molar-refractivity contribution in [2.75, 3.05) is 0 Å². The molecule has 0 saturated carbocycles. The number of hydrogen-bond donors (Lipinski definition) is 3. The summed E-state index contributed by atoms with van der Waals surface area (Å²) in [6.07, 6.45) is 0.805. The highest BCUT2D eigenvalue weighted by Gasteiger charge is 2.36. The first-order valence-electron chi connectivity index (χ1n) is 5.03. The number of aromatic carboxylic acids is 1. The van der Waals surface area contributed by atoms with Gasteiger partial charge >= 0.3 is 13.1 Å². The number of para-hydroxylation sites is 1. The second-order valence-corrected chi connectivity index (χ2v) is 3.70. The molecule has 1 unspecified atom stereocenters. The molecule has 0 aromatic heterocycles. The molecule has 0 aliphatic carbocycles. The monoisotopic (exact) mass is 235 g/mol. The van der Waals surface area contributed by atoms with E-state index in [0.29, 0.717) is 18.4 Å². The molecule has 1 aliphatic rings. The largest absolute Gasteiger partial charge is 0.547 e. The van der Waals surface area contributed by atoms with Gasteiger partial charge in [-0.3, -0.25) is 4.79 Å². The van der Waals surface area contributed by atoms with Crippen molar-refractivity contribution in [3.05, 3.63) is 29.3 Å². The number of hydrogen-bond acceptors (Lipinski definition) is 4. The first-order chi connectivity index (χ1) is 8.13. The van der Waals surface area contributed by atoms with Gasteiger partial charge in [-0.15, -0.1) is 0 Å². The number of carboxylic acids is 1. The van der Waals surface area contributed by atoms with Gasteiger partial charge in [-0.25, -0.2) is 4.79 Å². The summed E-state index contributed by atoms with van der Waals surface area (Å²) in [7, 11) is -1.24. The summed E-state index contributed by atoms with van der Waals surface area (Å²) in [6.45, 7) is 0. The molecular weight excluding hydrogens is 225 g/mol. The third-order valence-corrected chi connectivity index (χ3v) is 2.63. The van der Waals surface area contributed by atoms with Crippen LogP contribution in [0.3, 0.4) is 0 Å². The van der Waals surface area contributed by atoms with Crippen LogP contribution in [-0.4, -0.2) is 35.6 Å². The predicted octanol–water partition coefficient (Wildman–Crippen LogP) is -0.546. The van der Waals surface area contributed by atoms with Crippen LogP contribution in [0.5, 0.6) is 5.75 Å². The van der Waals surface area contributed by atoms with E-state index in [9.17, 15) is 14.6 Å². The molecule has 88 valence electrons. The van der Waals surface area contributed by atoms with Crippen molar-refractivity contribution in [2.45, 2.75) is 12.4 Å². The van der Waals surface area contributed by atoms with E-state index >= 15 is 0 Å². The van der Waals surface area contributed by atoms with Crippen molar-refractivity contribution < 1.29 is 24.4 Å². The average Bonchev–Trinajstić information content (AvgIpc) is 2.29. The smallest absolute Gasteiger partial charge is 0.534 e. The van der Waals surface area contributed by atoms with Gasteiger partial charge in [-0.1, -0.05) is 12.1 Å². The van der Waals surface area contributed by atoms with Crippen molar-refractivity contribution in [1.82, 2.24) is 5.32 Å². The number of benzene rings is 1. The second kappa shape index (κ2) is 4.46. The molecule has 0 fully saturated rings. The van der Waals surface area contributed by atoms with Crippen LogP contribution < -0.4 is 9.97 Å². The number of nitrogens with one attached hydrogen (secondary N) is 1. The van der Waals surface area contributed by atoms with E-state index in [1.807, 2.05) is 0 Å². The molecule has 1 heterocycles. The molecule has 1 aromatic carbocycles. The molecule has 0 spiro atoms. The minimum absolute atomic E-state index is 0.00565. The molecule has 1 amide bonds. The third-order valence-electron chi connectivity index (χ3n) is 2.63. The Morgan fingerprint density at radius 2 is 2.35 bits per heavy atom. The molecule has 7 heteroatoms. The van der Waals surface area contributed by atoms with Crippen LogP contribution in [0.15, 0.2) is 18.2 Å². The number of carboxylic acid groups (broad SMARTS) is 1. The maximum Gasteiger partial charge on any atom is 0.547 e. The SMILES string of the molecule is O=CNC1Cc2cccc(C(=O)O)c2OB1O. The Bertz CT molecular complexity index is 464. The summed E-state index contributed by atoms with van der Waals surface area (Å²) in [6, 6.07) is 4.70. The Kier molecular flexibility index (Phi) is 3.01. The fraction of sp³-hybridized carbons (Fsp3) is 0.200. The van der Waals surface area contributed by atoms with E-state index in [0.717, 1.165) is 0 Å². The van der Waals surface area contributed by atoms with Crippen molar-refractivity contribution in [3.8, 4) is 5.75 Å². The minimum atomic E-state index is -1.24. The van der Waals surface area contributed by atoms with E-state index < -0.39 is 19.0 Å². The van der Waals surface area contributed by atoms with Crippen molar-refractivity contribution in [3.63, 3.8) is 0 Å². The lowest BCUT2D eigenvalue weighted by molar-refractivity contribution is -0.109. The summed E-state index contributed by atoms with van der Waals surface area (Å²) in [5.41, 5.74) is 0.653. The molecule has 3 N–H and O–H groups in total. The van der Waals surface area contributed by atoms with Crippen LogP contribution in [0.2, 0.25) is 0 Å². The van der Waals surface area contributed by atoms with E-state index in [4.69, 9.17) is 9.76 Å². The zero-order valence-corrected chi connectivity index (χ0v) is 8.79. The average molecular weight is 235 g/mol. The zero-order valence-electron chi connectivity index (χ0n) is 8.79. The first kappa shape index (κ1) is 11.5. The lowest BCUT2D eigenvalue weighted by Crippen LogP contribution is -2.50. The quantitative estimate of drug-likeness (QED) is 0.482. The number of fused-ring (bicyclic) bond motifs is 1. The van der Waals surface area contributed by atoms with Crippen LogP contribution in [-0.2, 0) is 11.2 Å². The van der Waals surface area contributed by atoms with Crippen LogP contribution in [0.4, 0.5) is 0 Å². The Hall–Kier alpha value is -2.02. The first-order valence-corrected chi connectivity index (χ1v) is 5.03. The van der Waals surface area contributed by atoms with Crippen LogP contribution in [0, 0.1) is 0 Å². The fourth-order valence-corrected chi connectivity index (χ4v) is 1.82. The van der Waals surface area contributed by atoms with Gasteiger partial charge < -0.3 is 20.1 Å². The van der Waals surface area contributed by atoms with Gasteiger partial charge in [0.1, 0.15) is 5.75 Å². The third kappa shape index (κ3) is 2.09. The molecule has 1 aromatic rings.